The Morgan fingerprint density at radius 2 is 1.67 bits per heavy atom. The van der Waals surface area contributed by atoms with Crippen molar-refractivity contribution >= 4 is 21.9 Å². The fraction of sp³-hybridized carbons (Fsp3) is 0.300. The first-order valence-electron chi connectivity index (χ1n) is 9.17. The van der Waals surface area contributed by atoms with Crippen molar-refractivity contribution in [2.45, 2.75) is 25.3 Å². The third-order valence-electron chi connectivity index (χ3n) is 4.23. The SMILES string of the molecule is CCN(CC)S(=O)(=O)c1cc(C(=O)OCC(=O)NCc2ccc(F)cc2)ccc1F. The summed E-state index contributed by atoms with van der Waals surface area (Å²) in [5, 5.41) is 2.50. The number of nitrogens with zero attached hydrogens (tertiary/aromatic N) is 1. The van der Waals surface area contributed by atoms with Gasteiger partial charge >= 0.3 is 5.97 Å². The van der Waals surface area contributed by atoms with Crippen molar-refractivity contribution in [3.63, 3.8) is 0 Å². The average Bonchev–Trinajstić information content (AvgIpc) is 2.72. The van der Waals surface area contributed by atoms with E-state index in [-0.39, 0.29) is 25.2 Å². The minimum absolute atomic E-state index is 0.111. The summed E-state index contributed by atoms with van der Waals surface area (Å²) in [4.78, 5) is 23.4. The fourth-order valence-corrected chi connectivity index (χ4v) is 4.15. The maximum Gasteiger partial charge on any atom is 0.338 e. The Morgan fingerprint density at radius 1 is 1.03 bits per heavy atom. The van der Waals surface area contributed by atoms with Crippen LogP contribution in [-0.4, -0.2) is 44.3 Å². The first-order chi connectivity index (χ1) is 14.2. The molecule has 1 N–H and O–H groups in total. The summed E-state index contributed by atoms with van der Waals surface area (Å²) in [6.07, 6.45) is 0. The zero-order valence-corrected chi connectivity index (χ0v) is 17.3. The Bertz CT molecular complexity index is 1010. The first-order valence-corrected chi connectivity index (χ1v) is 10.6. The molecular formula is C20H22F2N2O5S. The van der Waals surface area contributed by atoms with Gasteiger partial charge in [-0.3, -0.25) is 4.79 Å². The van der Waals surface area contributed by atoms with Crippen LogP contribution < -0.4 is 5.32 Å². The topological polar surface area (TPSA) is 92.8 Å². The zero-order chi connectivity index (χ0) is 22.3. The average molecular weight is 440 g/mol. The molecule has 0 radical (unpaired) electrons. The van der Waals surface area contributed by atoms with Gasteiger partial charge in [0.2, 0.25) is 10.0 Å². The van der Waals surface area contributed by atoms with Gasteiger partial charge in [0.15, 0.2) is 6.61 Å². The van der Waals surface area contributed by atoms with Gasteiger partial charge in [0.25, 0.3) is 5.91 Å². The van der Waals surface area contributed by atoms with Gasteiger partial charge < -0.3 is 10.1 Å². The molecule has 2 rings (SSSR count). The standard InChI is InChI=1S/C20H22F2N2O5S/c1-3-24(4-2)30(27,28)18-11-15(7-10-17(18)22)20(26)29-13-19(25)23-12-14-5-8-16(21)9-6-14/h5-11H,3-4,12-13H2,1-2H3,(H,23,25). The van der Waals surface area contributed by atoms with Gasteiger partial charge in [-0.05, 0) is 35.9 Å². The number of sulfonamides is 1. The number of rotatable bonds is 9. The molecule has 30 heavy (non-hydrogen) atoms. The van der Waals surface area contributed by atoms with Gasteiger partial charge in [0, 0.05) is 19.6 Å². The molecule has 0 atom stereocenters. The van der Waals surface area contributed by atoms with Crippen molar-refractivity contribution in [2.24, 2.45) is 0 Å². The van der Waals surface area contributed by atoms with Crippen molar-refractivity contribution < 1.29 is 31.5 Å². The van der Waals surface area contributed by atoms with Crippen LogP contribution in [0.1, 0.15) is 29.8 Å². The number of esters is 1. The van der Waals surface area contributed by atoms with Crippen LogP contribution in [0.25, 0.3) is 0 Å². The van der Waals surface area contributed by atoms with Gasteiger partial charge in [-0.15, -0.1) is 0 Å². The summed E-state index contributed by atoms with van der Waals surface area (Å²) in [7, 11) is -4.12. The second-order valence-corrected chi connectivity index (χ2v) is 8.12. The van der Waals surface area contributed by atoms with E-state index in [9.17, 15) is 26.8 Å². The second kappa shape index (κ2) is 10.3. The zero-order valence-electron chi connectivity index (χ0n) is 16.5. The Hall–Kier alpha value is -2.85. The number of carbonyl (C=O) groups is 2. The monoisotopic (exact) mass is 440 g/mol. The van der Waals surface area contributed by atoms with E-state index < -0.39 is 45.0 Å². The molecule has 2 aromatic carbocycles. The summed E-state index contributed by atoms with van der Waals surface area (Å²) in [5.41, 5.74) is 0.453. The molecule has 0 aliphatic rings. The van der Waals surface area contributed by atoms with Crippen molar-refractivity contribution in [3.8, 4) is 0 Å². The van der Waals surface area contributed by atoms with Gasteiger partial charge in [-0.25, -0.2) is 22.0 Å². The molecule has 0 aliphatic heterocycles. The minimum atomic E-state index is -4.12. The van der Waals surface area contributed by atoms with E-state index in [0.717, 1.165) is 22.5 Å². The van der Waals surface area contributed by atoms with E-state index >= 15 is 0 Å². The molecule has 7 nitrogen and oxygen atoms in total. The van der Waals surface area contributed by atoms with Crippen molar-refractivity contribution in [1.29, 1.82) is 0 Å². The van der Waals surface area contributed by atoms with E-state index in [4.69, 9.17) is 4.74 Å². The molecule has 1 amide bonds. The highest BCUT2D eigenvalue weighted by molar-refractivity contribution is 7.89. The molecule has 0 fully saturated rings. The van der Waals surface area contributed by atoms with E-state index in [1.807, 2.05) is 0 Å². The molecule has 0 saturated heterocycles. The minimum Gasteiger partial charge on any atom is -0.452 e. The van der Waals surface area contributed by atoms with Crippen LogP contribution in [0.3, 0.4) is 0 Å². The third kappa shape index (κ3) is 5.83. The first kappa shape index (κ1) is 23.4. The van der Waals surface area contributed by atoms with Gasteiger partial charge in [0.05, 0.1) is 5.56 Å². The lowest BCUT2D eigenvalue weighted by Crippen LogP contribution is -2.31. The van der Waals surface area contributed by atoms with Crippen LogP contribution >= 0.6 is 0 Å². The highest BCUT2D eigenvalue weighted by Gasteiger charge is 2.26. The molecule has 10 heteroatoms. The van der Waals surface area contributed by atoms with Crippen molar-refractivity contribution in [1.82, 2.24) is 9.62 Å². The number of amides is 1. The van der Waals surface area contributed by atoms with E-state index in [1.54, 1.807) is 13.8 Å². The normalized spacial score (nSPS) is 11.4. The molecule has 0 saturated carbocycles. The fourth-order valence-electron chi connectivity index (χ4n) is 2.60. The lowest BCUT2D eigenvalue weighted by molar-refractivity contribution is -0.124. The Labute approximate surface area is 173 Å². The number of hydrogen-bond donors (Lipinski definition) is 1. The summed E-state index contributed by atoms with van der Waals surface area (Å²) in [5.74, 6) is -2.97. The van der Waals surface area contributed by atoms with Crippen molar-refractivity contribution in [3.05, 3.63) is 65.2 Å². The molecular weight excluding hydrogens is 418 g/mol. The molecule has 0 spiro atoms. The lowest BCUT2D eigenvalue weighted by Gasteiger charge is -2.19. The molecule has 0 unspecified atom stereocenters. The number of nitrogens with one attached hydrogen (secondary N) is 1. The van der Waals surface area contributed by atoms with Crippen LogP contribution in [0.4, 0.5) is 8.78 Å². The number of ether oxygens (including phenoxy) is 1. The van der Waals surface area contributed by atoms with Crippen LogP contribution in [0.15, 0.2) is 47.4 Å². The van der Waals surface area contributed by atoms with E-state index in [0.29, 0.717) is 5.56 Å². The number of hydrogen-bond acceptors (Lipinski definition) is 5. The molecule has 0 aromatic heterocycles. The van der Waals surface area contributed by atoms with Crippen LogP contribution in [0.2, 0.25) is 0 Å². The summed E-state index contributed by atoms with van der Waals surface area (Å²) >= 11 is 0. The lowest BCUT2D eigenvalue weighted by atomic mass is 10.2. The predicted octanol–water partition coefficient (Wildman–Crippen LogP) is 2.47. The Balaban J connectivity index is 2.01. The summed E-state index contributed by atoms with van der Waals surface area (Å²) in [6.45, 7) is 3.00. The van der Waals surface area contributed by atoms with Crippen LogP contribution in [0.5, 0.6) is 0 Å². The smallest absolute Gasteiger partial charge is 0.338 e. The number of carbonyl (C=O) groups excluding carboxylic acids is 2. The number of benzene rings is 2. The third-order valence-corrected chi connectivity index (χ3v) is 6.29. The summed E-state index contributed by atoms with van der Waals surface area (Å²) in [6, 6.07) is 8.33. The molecule has 0 bridgehead atoms. The molecule has 0 heterocycles. The van der Waals surface area contributed by atoms with E-state index in [1.165, 1.54) is 24.3 Å². The van der Waals surface area contributed by atoms with E-state index in [2.05, 4.69) is 5.32 Å². The highest BCUT2D eigenvalue weighted by Crippen LogP contribution is 2.21. The van der Waals surface area contributed by atoms with Gasteiger partial charge in [-0.1, -0.05) is 26.0 Å². The largest absolute Gasteiger partial charge is 0.452 e. The Morgan fingerprint density at radius 3 is 2.27 bits per heavy atom. The maximum absolute atomic E-state index is 14.1. The van der Waals surface area contributed by atoms with Crippen LogP contribution in [0, 0.1) is 11.6 Å². The quantitative estimate of drug-likeness (QED) is 0.605. The highest BCUT2D eigenvalue weighted by atomic mass is 32.2. The van der Waals surface area contributed by atoms with Gasteiger partial charge in [0.1, 0.15) is 16.5 Å². The molecule has 2 aromatic rings. The second-order valence-electron chi connectivity index (χ2n) is 6.21. The molecule has 0 aliphatic carbocycles. The number of halogens is 2. The van der Waals surface area contributed by atoms with Crippen molar-refractivity contribution in [2.75, 3.05) is 19.7 Å². The van der Waals surface area contributed by atoms with Gasteiger partial charge in [-0.2, -0.15) is 4.31 Å². The maximum atomic E-state index is 14.1. The molecule has 162 valence electrons. The Kier molecular flexibility index (Phi) is 8.01. The predicted molar refractivity (Wildman–Crippen MR) is 105 cm³/mol. The summed E-state index contributed by atoms with van der Waals surface area (Å²) < 4.78 is 58.0. The van der Waals surface area contributed by atoms with Crippen LogP contribution in [-0.2, 0) is 26.1 Å².